The molecule has 0 saturated heterocycles. The summed E-state index contributed by atoms with van der Waals surface area (Å²) in [5.74, 6) is 0.427. The third-order valence-electron chi connectivity index (χ3n) is 2.51. The van der Waals surface area contributed by atoms with E-state index in [0.29, 0.717) is 19.5 Å². The minimum atomic E-state index is -0.647. The highest BCUT2D eigenvalue weighted by Gasteiger charge is 2.19. The van der Waals surface area contributed by atoms with Crippen LogP contribution in [0.25, 0.3) is 0 Å². The van der Waals surface area contributed by atoms with Crippen LogP contribution in [0, 0.1) is 10.1 Å². The zero-order valence-electron chi connectivity index (χ0n) is 11.9. The van der Waals surface area contributed by atoms with Gasteiger partial charge in [0.15, 0.2) is 17.8 Å². The van der Waals surface area contributed by atoms with Gasteiger partial charge in [-0.25, -0.2) is 0 Å². The van der Waals surface area contributed by atoms with Gasteiger partial charge in [-0.2, -0.15) is 0 Å². The van der Waals surface area contributed by atoms with Crippen LogP contribution in [0.4, 0.5) is 5.69 Å². The fourth-order valence-corrected chi connectivity index (χ4v) is 1.51. The van der Waals surface area contributed by atoms with Crippen LogP contribution in [0.3, 0.4) is 0 Å². The lowest BCUT2D eigenvalue weighted by molar-refractivity contribution is -0.385. The van der Waals surface area contributed by atoms with Crippen molar-refractivity contribution in [1.29, 1.82) is 0 Å². The maximum Gasteiger partial charge on any atom is 0.283 e. The van der Waals surface area contributed by atoms with Crippen LogP contribution in [0.1, 0.15) is 10.4 Å². The number of rotatable bonds is 10. The average Bonchev–Trinajstić information content (AvgIpc) is 2.48. The van der Waals surface area contributed by atoms with Crippen LogP contribution < -0.4 is 9.47 Å². The molecule has 0 spiro atoms. The molecule has 0 atom stereocenters. The van der Waals surface area contributed by atoms with Crippen molar-refractivity contribution in [2.75, 3.05) is 40.6 Å². The lowest BCUT2D eigenvalue weighted by Gasteiger charge is -2.13. The highest BCUT2D eigenvalue weighted by molar-refractivity contribution is 5.83. The van der Waals surface area contributed by atoms with Crippen molar-refractivity contribution in [3.05, 3.63) is 27.8 Å². The first kappa shape index (κ1) is 16.9. The number of aldehydes is 1. The van der Waals surface area contributed by atoms with Crippen LogP contribution in [0.2, 0.25) is 0 Å². The fourth-order valence-electron chi connectivity index (χ4n) is 1.51. The molecule has 1 rings (SSSR count). The Morgan fingerprint density at radius 2 is 1.57 bits per heavy atom. The van der Waals surface area contributed by atoms with Gasteiger partial charge in [0.2, 0.25) is 0 Å². The summed E-state index contributed by atoms with van der Waals surface area (Å²) < 4.78 is 20.5. The first-order valence-corrected chi connectivity index (χ1v) is 6.15. The highest BCUT2D eigenvalue weighted by atomic mass is 16.6. The van der Waals surface area contributed by atoms with E-state index >= 15 is 0 Å². The van der Waals surface area contributed by atoms with Crippen LogP contribution in [0.5, 0.6) is 11.5 Å². The molecule has 8 heteroatoms. The Labute approximate surface area is 121 Å². The van der Waals surface area contributed by atoms with Crippen molar-refractivity contribution in [1.82, 2.24) is 0 Å². The second kappa shape index (κ2) is 8.88. The predicted octanol–water partition coefficient (Wildman–Crippen LogP) is 1.46. The molecule has 1 aromatic carbocycles. The van der Waals surface area contributed by atoms with Crippen LogP contribution in [-0.4, -0.2) is 51.9 Å². The lowest BCUT2D eigenvalue weighted by Crippen LogP contribution is -2.09. The summed E-state index contributed by atoms with van der Waals surface area (Å²) in [6.45, 7) is 1.09. The van der Waals surface area contributed by atoms with Crippen LogP contribution in [0.15, 0.2) is 12.1 Å². The molecule has 0 N–H and O–H groups in total. The number of carbonyl (C=O) groups is 1. The lowest BCUT2D eigenvalue weighted by atomic mass is 10.1. The van der Waals surface area contributed by atoms with E-state index in [9.17, 15) is 14.9 Å². The number of ether oxygens (including phenoxy) is 4. The predicted molar refractivity (Wildman–Crippen MR) is 73.2 cm³/mol. The Morgan fingerprint density at radius 3 is 2.00 bits per heavy atom. The van der Waals surface area contributed by atoms with Gasteiger partial charge in [0, 0.05) is 20.3 Å². The van der Waals surface area contributed by atoms with E-state index in [0.717, 1.165) is 0 Å². The van der Waals surface area contributed by atoms with Crippen LogP contribution in [-0.2, 0) is 9.47 Å². The van der Waals surface area contributed by atoms with E-state index in [1.807, 2.05) is 0 Å². The molecule has 1 aromatic rings. The first-order chi connectivity index (χ1) is 10.1. The second-order valence-corrected chi connectivity index (χ2v) is 3.92. The van der Waals surface area contributed by atoms with Crippen molar-refractivity contribution in [3.8, 4) is 11.5 Å². The van der Waals surface area contributed by atoms with Gasteiger partial charge < -0.3 is 18.9 Å². The summed E-state index contributed by atoms with van der Waals surface area (Å²) in [5, 5.41) is 10.9. The molecular formula is C13H17NO7. The minimum absolute atomic E-state index is 0.0773. The summed E-state index contributed by atoms with van der Waals surface area (Å²) in [6, 6.07) is 2.45. The number of carbonyl (C=O) groups excluding carboxylic acids is 1. The van der Waals surface area contributed by atoms with E-state index in [2.05, 4.69) is 0 Å². The van der Waals surface area contributed by atoms with E-state index in [1.165, 1.54) is 26.4 Å². The molecule has 0 fully saturated rings. The number of benzene rings is 1. The molecule has 0 heterocycles. The summed E-state index contributed by atoms with van der Waals surface area (Å²) >= 11 is 0. The second-order valence-electron chi connectivity index (χ2n) is 3.92. The van der Waals surface area contributed by atoms with Gasteiger partial charge in [0.25, 0.3) is 5.69 Å². The topological polar surface area (TPSA) is 97.1 Å². The molecule has 0 aliphatic heterocycles. The third-order valence-corrected chi connectivity index (χ3v) is 2.51. The third kappa shape index (κ3) is 5.01. The number of hydrogen-bond acceptors (Lipinski definition) is 7. The maximum absolute atomic E-state index is 10.9. The van der Waals surface area contributed by atoms with Gasteiger partial charge in [0.1, 0.15) is 13.2 Å². The van der Waals surface area contributed by atoms with Gasteiger partial charge >= 0.3 is 0 Å². The largest absolute Gasteiger partial charge is 0.487 e. The van der Waals surface area contributed by atoms with Gasteiger partial charge in [-0.3, -0.25) is 14.9 Å². The Bertz CT molecular complexity index is 490. The Morgan fingerprint density at radius 1 is 1.05 bits per heavy atom. The highest BCUT2D eigenvalue weighted by Crippen LogP contribution is 2.34. The van der Waals surface area contributed by atoms with E-state index < -0.39 is 4.92 Å². The van der Waals surface area contributed by atoms with Crippen molar-refractivity contribution < 1.29 is 28.7 Å². The summed E-state index contributed by atoms with van der Waals surface area (Å²) in [6.07, 6.45) is 0.403. The molecule has 0 aromatic heterocycles. The molecule has 21 heavy (non-hydrogen) atoms. The Balaban J connectivity index is 3.04. The average molecular weight is 299 g/mol. The molecule has 0 aliphatic rings. The Kier molecular flexibility index (Phi) is 7.13. The van der Waals surface area contributed by atoms with Crippen molar-refractivity contribution in [3.63, 3.8) is 0 Å². The fraction of sp³-hybridized carbons (Fsp3) is 0.462. The van der Waals surface area contributed by atoms with Crippen molar-refractivity contribution >= 4 is 12.0 Å². The summed E-state index contributed by atoms with van der Waals surface area (Å²) in [5.41, 5.74) is -0.414. The smallest absolute Gasteiger partial charge is 0.283 e. The van der Waals surface area contributed by atoms with Crippen molar-refractivity contribution in [2.45, 2.75) is 0 Å². The quantitative estimate of drug-likeness (QED) is 0.279. The maximum atomic E-state index is 10.9. The SMILES string of the molecule is COCCOc1cc(C=O)c([N+](=O)[O-])cc1OCCOC. The number of nitro benzene ring substituents is 1. The molecule has 116 valence electrons. The molecule has 8 nitrogen and oxygen atoms in total. The molecule has 0 saturated carbocycles. The molecule has 0 radical (unpaired) electrons. The van der Waals surface area contributed by atoms with E-state index in [4.69, 9.17) is 18.9 Å². The van der Waals surface area contributed by atoms with Crippen LogP contribution >= 0.6 is 0 Å². The summed E-state index contributed by atoms with van der Waals surface area (Å²) in [4.78, 5) is 21.2. The number of methoxy groups -OCH3 is 2. The Hall–Kier alpha value is -2.19. The monoisotopic (exact) mass is 299 g/mol. The molecule has 0 amide bonds. The van der Waals surface area contributed by atoms with Gasteiger partial charge in [-0.15, -0.1) is 0 Å². The standard InChI is InChI=1S/C13H17NO7/c1-18-3-5-20-12-7-10(9-15)11(14(16)17)8-13(12)21-6-4-19-2/h7-9H,3-6H2,1-2H3. The molecule has 0 unspecified atom stereocenters. The first-order valence-electron chi connectivity index (χ1n) is 6.15. The molecule has 0 aliphatic carbocycles. The van der Waals surface area contributed by atoms with Crippen molar-refractivity contribution in [2.24, 2.45) is 0 Å². The number of nitrogens with zero attached hydrogens (tertiary/aromatic N) is 1. The molecule has 0 bridgehead atoms. The van der Waals surface area contributed by atoms with E-state index in [-0.39, 0.29) is 36.0 Å². The normalized spacial score (nSPS) is 10.2. The zero-order valence-corrected chi connectivity index (χ0v) is 11.9. The van der Waals surface area contributed by atoms with E-state index in [1.54, 1.807) is 0 Å². The van der Waals surface area contributed by atoms with Gasteiger partial charge in [0.05, 0.1) is 29.8 Å². The minimum Gasteiger partial charge on any atom is -0.487 e. The van der Waals surface area contributed by atoms with Gasteiger partial charge in [-0.1, -0.05) is 0 Å². The van der Waals surface area contributed by atoms with Gasteiger partial charge in [-0.05, 0) is 0 Å². The number of nitro groups is 1. The number of hydrogen-bond donors (Lipinski definition) is 0. The molecular weight excluding hydrogens is 282 g/mol. The summed E-state index contributed by atoms with van der Waals surface area (Å²) in [7, 11) is 3.03. The zero-order chi connectivity index (χ0) is 15.7.